The van der Waals surface area contributed by atoms with E-state index in [-0.39, 0.29) is 9.45 Å². The molecule has 9 heavy (non-hydrogen) atoms. The molecule has 48 valence electrons. The van der Waals surface area contributed by atoms with Gasteiger partial charge in [-0.2, -0.15) is 0 Å². The Morgan fingerprint density at radius 1 is 1.22 bits per heavy atom. The van der Waals surface area contributed by atoms with Crippen molar-refractivity contribution >= 4 is 20.6 Å². The summed E-state index contributed by atoms with van der Waals surface area (Å²) in [5.41, 5.74) is 0. The van der Waals surface area contributed by atoms with Gasteiger partial charge in [0.15, 0.2) is 0 Å². The van der Waals surface area contributed by atoms with Crippen LogP contribution in [0.15, 0.2) is 35.2 Å². The highest BCUT2D eigenvalue weighted by molar-refractivity contribution is 8.28. The van der Waals surface area contributed by atoms with Crippen LogP contribution in [-0.4, -0.2) is 6.26 Å². The van der Waals surface area contributed by atoms with Crippen LogP contribution in [0.5, 0.6) is 0 Å². The Hall–Kier alpha value is -0.210. The summed E-state index contributed by atoms with van der Waals surface area (Å²) in [5.74, 6) is 0. The Labute approximate surface area is 62.5 Å². The monoisotopic (exact) mass is 156 g/mol. The maximum absolute atomic E-state index is 5.07. The van der Waals surface area contributed by atoms with Crippen LogP contribution in [0.4, 0.5) is 0 Å². The van der Waals surface area contributed by atoms with Crippen LogP contribution in [0.25, 0.3) is 0 Å². The van der Waals surface area contributed by atoms with Crippen molar-refractivity contribution in [1.82, 2.24) is 0 Å². The van der Waals surface area contributed by atoms with Crippen molar-refractivity contribution < 1.29 is 0 Å². The highest BCUT2D eigenvalue weighted by Crippen LogP contribution is 2.01. The third kappa shape index (κ3) is 1.88. The van der Waals surface area contributed by atoms with Crippen LogP contribution >= 0.6 is 0 Å². The molecule has 0 bridgehead atoms. The van der Waals surface area contributed by atoms with E-state index >= 15 is 0 Å². The van der Waals surface area contributed by atoms with Crippen LogP contribution < -0.4 is 0 Å². The normalized spacial score (nSPS) is 13.0. The van der Waals surface area contributed by atoms with Crippen molar-refractivity contribution in [2.24, 2.45) is 0 Å². The van der Waals surface area contributed by atoms with Crippen LogP contribution in [0.1, 0.15) is 0 Å². The van der Waals surface area contributed by atoms with Crippen molar-refractivity contribution in [3.05, 3.63) is 30.3 Å². The molecule has 0 spiro atoms. The van der Waals surface area contributed by atoms with Crippen molar-refractivity contribution in [3.63, 3.8) is 0 Å². The second-order valence-corrected chi connectivity index (χ2v) is 4.65. The molecule has 0 saturated heterocycles. The van der Waals surface area contributed by atoms with E-state index in [1.54, 1.807) is 0 Å². The summed E-state index contributed by atoms with van der Waals surface area (Å²) in [6.45, 7) is 0. The van der Waals surface area contributed by atoms with Crippen molar-refractivity contribution in [2.45, 2.75) is 4.90 Å². The number of hydrogen-bond donors (Lipinski definition) is 0. The van der Waals surface area contributed by atoms with Gasteiger partial charge in [-0.3, -0.25) is 0 Å². The molecule has 1 rings (SSSR count). The molecular weight excluding hydrogens is 148 g/mol. The molecule has 1 aromatic carbocycles. The molecule has 0 aliphatic heterocycles. The van der Waals surface area contributed by atoms with Gasteiger partial charge in [0.2, 0.25) is 0 Å². The van der Waals surface area contributed by atoms with Crippen LogP contribution in [0, 0.1) is 0 Å². The SMILES string of the molecule is CS(=S)c1ccccc1. The Morgan fingerprint density at radius 2 is 1.78 bits per heavy atom. The second kappa shape index (κ2) is 3.08. The van der Waals surface area contributed by atoms with E-state index in [9.17, 15) is 0 Å². The van der Waals surface area contributed by atoms with Gasteiger partial charge in [-0.05, 0) is 29.6 Å². The minimum absolute atomic E-state index is 0.00438. The zero-order chi connectivity index (χ0) is 6.69. The van der Waals surface area contributed by atoms with Crippen LogP contribution in [-0.2, 0) is 20.6 Å². The number of benzene rings is 1. The predicted octanol–water partition coefficient (Wildman–Crippen LogP) is 1.76. The van der Waals surface area contributed by atoms with Gasteiger partial charge in [0.25, 0.3) is 0 Å². The summed E-state index contributed by atoms with van der Waals surface area (Å²) >= 11 is 5.07. The van der Waals surface area contributed by atoms with E-state index in [2.05, 4.69) is 12.1 Å². The summed E-state index contributed by atoms with van der Waals surface area (Å²) in [5, 5.41) is 0. The van der Waals surface area contributed by atoms with E-state index in [1.807, 2.05) is 24.5 Å². The average Bonchev–Trinajstić information content (AvgIpc) is 1.90. The van der Waals surface area contributed by atoms with Gasteiger partial charge < -0.3 is 0 Å². The fraction of sp³-hybridized carbons (Fsp3) is 0.143. The van der Waals surface area contributed by atoms with Gasteiger partial charge >= 0.3 is 0 Å². The summed E-state index contributed by atoms with van der Waals surface area (Å²) in [7, 11) is 0.00438. The quantitative estimate of drug-likeness (QED) is 0.597. The Kier molecular flexibility index (Phi) is 2.37. The first kappa shape index (κ1) is 6.90. The lowest BCUT2D eigenvalue weighted by Gasteiger charge is -1.94. The molecular formula is C7H8S2. The molecule has 0 aliphatic carbocycles. The van der Waals surface area contributed by atoms with E-state index in [1.165, 1.54) is 4.90 Å². The molecule has 0 aliphatic rings. The molecule has 0 aromatic heterocycles. The lowest BCUT2D eigenvalue weighted by atomic mass is 10.4. The van der Waals surface area contributed by atoms with E-state index in [0.717, 1.165) is 0 Å². The molecule has 2 heteroatoms. The van der Waals surface area contributed by atoms with E-state index in [4.69, 9.17) is 11.2 Å². The van der Waals surface area contributed by atoms with Gasteiger partial charge in [-0.1, -0.05) is 27.7 Å². The third-order valence-electron chi connectivity index (χ3n) is 1.08. The van der Waals surface area contributed by atoms with Crippen LogP contribution in [0.2, 0.25) is 0 Å². The molecule has 0 radical (unpaired) electrons. The third-order valence-corrected chi connectivity index (χ3v) is 2.59. The molecule has 1 unspecified atom stereocenters. The van der Waals surface area contributed by atoms with Crippen molar-refractivity contribution in [1.29, 1.82) is 0 Å². The highest BCUT2D eigenvalue weighted by atomic mass is 32.8. The minimum atomic E-state index is 0.00438. The largest absolute Gasteiger partial charge is 0.0933 e. The molecule has 0 saturated carbocycles. The van der Waals surface area contributed by atoms with Crippen molar-refractivity contribution in [3.8, 4) is 0 Å². The summed E-state index contributed by atoms with van der Waals surface area (Å²) < 4.78 is 0. The maximum Gasteiger partial charge on any atom is 0.0115 e. The zero-order valence-corrected chi connectivity index (χ0v) is 6.84. The lowest BCUT2D eigenvalue weighted by molar-refractivity contribution is 1.47. The van der Waals surface area contributed by atoms with Gasteiger partial charge in [0.05, 0.1) is 0 Å². The van der Waals surface area contributed by atoms with Crippen molar-refractivity contribution in [2.75, 3.05) is 6.26 Å². The lowest BCUT2D eigenvalue weighted by Crippen LogP contribution is -1.81. The first-order valence-corrected chi connectivity index (χ1v) is 5.25. The molecule has 0 heterocycles. The van der Waals surface area contributed by atoms with Gasteiger partial charge in [0, 0.05) is 4.90 Å². The van der Waals surface area contributed by atoms with Crippen LogP contribution in [0.3, 0.4) is 0 Å². The minimum Gasteiger partial charge on any atom is -0.0933 e. The smallest absolute Gasteiger partial charge is 0.0115 e. The fourth-order valence-electron chi connectivity index (χ4n) is 0.612. The molecule has 0 N–H and O–H groups in total. The van der Waals surface area contributed by atoms with Gasteiger partial charge in [-0.15, -0.1) is 0 Å². The first-order valence-electron chi connectivity index (χ1n) is 2.69. The zero-order valence-electron chi connectivity index (χ0n) is 5.20. The molecule has 1 atom stereocenters. The molecule has 0 amide bonds. The summed E-state index contributed by atoms with van der Waals surface area (Å²) in [6, 6.07) is 10.2. The molecule has 0 fully saturated rings. The van der Waals surface area contributed by atoms with E-state index < -0.39 is 0 Å². The molecule has 1 aromatic rings. The summed E-state index contributed by atoms with van der Waals surface area (Å²) in [6.07, 6.45) is 2.05. The fourth-order valence-corrected chi connectivity index (χ4v) is 1.49. The second-order valence-electron chi connectivity index (χ2n) is 1.77. The first-order chi connectivity index (χ1) is 4.30. The number of hydrogen-bond acceptors (Lipinski definition) is 1. The van der Waals surface area contributed by atoms with Gasteiger partial charge in [0.1, 0.15) is 0 Å². The Balaban J connectivity index is 2.98. The highest BCUT2D eigenvalue weighted by Gasteiger charge is 1.86. The summed E-state index contributed by atoms with van der Waals surface area (Å²) in [4.78, 5) is 1.26. The predicted molar refractivity (Wildman–Crippen MR) is 45.4 cm³/mol. The standard InChI is InChI=1S/C7H8S2/c1-9(8)7-5-3-2-4-6-7/h2-6H,1H3. The molecule has 0 nitrogen and oxygen atoms in total. The number of rotatable bonds is 1. The average molecular weight is 156 g/mol. The topological polar surface area (TPSA) is 0 Å². The Bertz CT molecular complexity index is 203. The van der Waals surface area contributed by atoms with Gasteiger partial charge in [-0.25, -0.2) is 0 Å². The van der Waals surface area contributed by atoms with E-state index in [0.29, 0.717) is 0 Å². The maximum atomic E-state index is 5.07. The Morgan fingerprint density at radius 3 is 2.11 bits per heavy atom.